The number of nitrogens with zero attached hydrogens (tertiary/aromatic N) is 2. The average molecular weight is 537 g/mol. The molecule has 3 aromatic rings. The zero-order valence-corrected chi connectivity index (χ0v) is 23.1. The smallest absolute Gasteiger partial charge is 0.315 e. The van der Waals surface area contributed by atoms with Crippen LogP contribution in [-0.4, -0.2) is 47.0 Å². The first-order valence-electron chi connectivity index (χ1n) is 12.9. The van der Waals surface area contributed by atoms with Gasteiger partial charge < -0.3 is 15.5 Å². The Bertz CT molecular complexity index is 1310. The lowest BCUT2D eigenvalue weighted by atomic mass is 9.90. The highest BCUT2D eigenvalue weighted by Crippen LogP contribution is 2.37. The van der Waals surface area contributed by atoms with Gasteiger partial charge in [-0.3, -0.25) is 9.78 Å². The van der Waals surface area contributed by atoms with Crippen molar-refractivity contribution in [3.63, 3.8) is 0 Å². The highest BCUT2D eigenvalue weighted by atomic mass is 35.5. The SMILES string of the molecule is CC(C)(C)c1cc(-c2cc(-c3ccc(C(=O)N4CCCC(NC(=O)NC5CC5)C4)cc3Cl)cs2)ccn1. The fourth-order valence-corrected chi connectivity index (χ4v) is 5.80. The maximum absolute atomic E-state index is 13.3. The molecule has 1 aromatic carbocycles. The van der Waals surface area contributed by atoms with Gasteiger partial charge in [-0.15, -0.1) is 11.3 Å². The summed E-state index contributed by atoms with van der Waals surface area (Å²) < 4.78 is 0. The molecule has 0 spiro atoms. The molecule has 37 heavy (non-hydrogen) atoms. The van der Waals surface area contributed by atoms with Crippen LogP contribution in [0.3, 0.4) is 0 Å². The predicted octanol–water partition coefficient (Wildman–Crippen LogP) is 6.49. The van der Waals surface area contributed by atoms with E-state index in [9.17, 15) is 9.59 Å². The second kappa shape index (κ2) is 10.5. The molecule has 2 fully saturated rings. The molecule has 3 amide bonds. The van der Waals surface area contributed by atoms with Crippen LogP contribution in [0.15, 0.2) is 48.0 Å². The van der Waals surface area contributed by atoms with Gasteiger partial charge in [-0.25, -0.2) is 4.79 Å². The van der Waals surface area contributed by atoms with E-state index in [-0.39, 0.29) is 23.4 Å². The Morgan fingerprint density at radius 2 is 1.81 bits per heavy atom. The fraction of sp³-hybridized carbons (Fsp3) is 0.414. The summed E-state index contributed by atoms with van der Waals surface area (Å²) in [4.78, 5) is 32.9. The van der Waals surface area contributed by atoms with Gasteiger partial charge in [0.1, 0.15) is 0 Å². The van der Waals surface area contributed by atoms with Crippen molar-refractivity contribution in [2.75, 3.05) is 13.1 Å². The Balaban J connectivity index is 1.27. The lowest BCUT2D eigenvalue weighted by Crippen LogP contribution is -2.52. The summed E-state index contributed by atoms with van der Waals surface area (Å²) >= 11 is 8.37. The highest BCUT2D eigenvalue weighted by molar-refractivity contribution is 7.14. The summed E-state index contributed by atoms with van der Waals surface area (Å²) in [6, 6.07) is 12.0. The Kier molecular flexibility index (Phi) is 7.28. The van der Waals surface area contributed by atoms with Gasteiger partial charge in [-0.05, 0) is 72.5 Å². The Morgan fingerprint density at radius 3 is 2.54 bits per heavy atom. The number of piperidine rings is 1. The van der Waals surface area contributed by atoms with Gasteiger partial charge >= 0.3 is 6.03 Å². The zero-order chi connectivity index (χ0) is 26.2. The van der Waals surface area contributed by atoms with Crippen molar-refractivity contribution in [1.82, 2.24) is 20.5 Å². The molecule has 1 saturated heterocycles. The van der Waals surface area contributed by atoms with Crippen molar-refractivity contribution in [1.29, 1.82) is 0 Å². The number of hydrogen-bond donors (Lipinski definition) is 2. The van der Waals surface area contributed by atoms with Gasteiger partial charge in [0.05, 0.1) is 0 Å². The lowest BCUT2D eigenvalue weighted by Gasteiger charge is -2.33. The van der Waals surface area contributed by atoms with Crippen LogP contribution in [0.2, 0.25) is 5.02 Å². The number of hydrogen-bond acceptors (Lipinski definition) is 4. The first-order chi connectivity index (χ1) is 17.7. The molecule has 3 heterocycles. The quantitative estimate of drug-likeness (QED) is 0.391. The van der Waals surface area contributed by atoms with E-state index in [0.29, 0.717) is 29.7 Å². The number of pyridine rings is 1. The molecule has 1 unspecified atom stereocenters. The number of carbonyl (C=O) groups excluding carboxylic acids is 2. The molecule has 6 nitrogen and oxygen atoms in total. The minimum absolute atomic E-state index is 0.0186. The summed E-state index contributed by atoms with van der Waals surface area (Å²) in [5, 5.41) is 8.63. The topological polar surface area (TPSA) is 74.3 Å². The summed E-state index contributed by atoms with van der Waals surface area (Å²) in [6.45, 7) is 7.67. The van der Waals surface area contributed by atoms with Crippen LogP contribution in [-0.2, 0) is 5.41 Å². The average Bonchev–Trinajstić information content (AvgIpc) is 3.54. The summed E-state index contributed by atoms with van der Waals surface area (Å²) in [5.41, 5.74) is 4.67. The van der Waals surface area contributed by atoms with Crippen LogP contribution in [0.4, 0.5) is 4.79 Å². The third-order valence-corrected chi connectivity index (χ3v) is 8.19. The number of urea groups is 1. The standard InChI is InChI=1S/C29H33ClN4O2S/c1-29(2,3)26-15-18(10-11-31-26)25-14-20(17-37-25)23-9-6-19(13-24(23)30)27(35)34-12-4-5-22(16-34)33-28(36)32-21-7-8-21/h6,9-11,13-15,17,21-22H,4-5,7-8,12,16H2,1-3H3,(H2,32,33,36). The van der Waals surface area contributed by atoms with Gasteiger partial charge in [0, 0.05) is 63.5 Å². The minimum atomic E-state index is -0.134. The zero-order valence-electron chi connectivity index (χ0n) is 21.5. The van der Waals surface area contributed by atoms with Crippen LogP contribution in [0.25, 0.3) is 21.6 Å². The lowest BCUT2D eigenvalue weighted by molar-refractivity contribution is 0.0697. The molecule has 1 aliphatic heterocycles. The van der Waals surface area contributed by atoms with Crippen molar-refractivity contribution in [2.45, 2.75) is 64.0 Å². The predicted molar refractivity (Wildman–Crippen MR) is 150 cm³/mol. The van der Waals surface area contributed by atoms with E-state index in [4.69, 9.17) is 11.6 Å². The molecule has 5 rings (SSSR count). The molecule has 2 N–H and O–H groups in total. The van der Waals surface area contributed by atoms with Crippen molar-refractivity contribution >= 4 is 34.9 Å². The third kappa shape index (κ3) is 6.16. The first-order valence-corrected chi connectivity index (χ1v) is 14.1. The van der Waals surface area contributed by atoms with Gasteiger partial charge in [-0.2, -0.15) is 0 Å². The molecule has 2 aromatic heterocycles. The molecule has 1 saturated carbocycles. The van der Waals surface area contributed by atoms with Gasteiger partial charge in [0.15, 0.2) is 0 Å². The van der Waals surface area contributed by atoms with E-state index in [2.05, 4.69) is 53.9 Å². The molecule has 1 atom stereocenters. The second-order valence-electron chi connectivity index (χ2n) is 11.1. The van der Waals surface area contributed by atoms with E-state index >= 15 is 0 Å². The number of aromatic nitrogens is 1. The van der Waals surface area contributed by atoms with Crippen LogP contribution < -0.4 is 10.6 Å². The van der Waals surface area contributed by atoms with Crippen LogP contribution in [0, 0.1) is 0 Å². The Hall–Kier alpha value is -2.90. The Labute approximate surface area is 227 Å². The molecule has 8 heteroatoms. The number of likely N-dealkylation sites (tertiary alicyclic amines) is 1. The number of carbonyl (C=O) groups is 2. The monoisotopic (exact) mass is 536 g/mol. The van der Waals surface area contributed by atoms with Gasteiger partial charge in [0.25, 0.3) is 5.91 Å². The molecule has 0 radical (unpaired) electrons. The molecular weight excluding hydrogens is 504 g/mol. The van der Waals surface area contributed by atoms with Crippen molar-refractivity contribution < 1.29 is 9.59 Å². The molecular formula is C29H33ClN4O2S. The molecule has 0 bridgehead atoms. The first kappa shape index (κ1) is 25.7. The highest BCUT2D eigenvalue weighted by Gasteiger charge is 2.28. The number of benzene rings is 1. The maximum Gasteiger partial charge on any atom is 0.315 e. The van der Waals surface area contributed by atoms with E-state index in [0.717, 1.165) is 52.9 Å². The van der Waals surface area contributed by atoms with E-state index in [1.165, 1.54) is 0 Å². The van der Waals surface area contributed by atoms with E-state index in [1.54, 1.807) is 17.4 Å². The number of halogens is 1. The fourth-order valence-electron chi connectivity index (χ4n) is 4.61. The van der Waals surface area contributed by atoms with Crippen molar-refractivity contribution in [2.24, 2.45) is 0 Å². The van der Waals surface area contributed by atoms with Crippen molar-refractivity contribution in [3.05, 3.63) is 64.3 Å². The third-order valence-electron chi connectivity index (χ3n) is 6.90. The normalized spacial score (nSPS) is 17.9. The van der Waals surface area contributed by atoms with Crippen LogP contribution in [0.1, 0.15) is 62.5 Å². The molecule has 2 aliphatic rings. The summed E-state index contributed by atoms with van der Waals surface area (Å²) in [7, 11) is 0. The van der Waals surface area contributed by atoms with Crippen LogP contribution >= 0.6 is 22.9 Å². The Morgan fingerprint density at radius 1 is 1.03 bits per heavy atom. The van der Waals surface area contributed by atoms with Crippen molar-refractivity contribution in [3.8, 4) is 21.6 Å². The van der Waals surface area contributed by atoms with Gasteiger partial charge in [-0.1, -0.05) is 38.4 Å². The number of nitrogens with one attached hydrogen (secondary N) is 2. The minimum Gasteiger partial charge on any atom is -0.337 e. The number of rotatable bonds is 5. The summed E-state index contributed by atoms with van der Waals surface area (Å²) in [6.07, 6.45) is 5.69. The maximum atomic E-state index is 13.3. The number of thiophene rings is 1. The molecule has 194 valence electrons. The second-order valence-corrected chi connectivity index (χ2v) is 12.4. The summed E-state index contributed by atoms with van der Waals surface area (Å²) in [5.74, 6) is -0.0555. The van der Waals surface area contributed by atoms with Gasteiger partial charge in [0.2, 0.25) is 0 Å². The largest absolute Gasteiger partial charge is 0.337 e. The van der Waals surface area contributed by atoms with E-state index in [1.807, 2.05) is 29.3 Å². The van der Waals surface area contributed by atoms with Crippen LogP contribution in [0.5, 0.6) is 0 Å². The molecule has 1 aliphatic carbocycles. The van der Waals surface area contributed by atoms with E-state index < -0.39 is 0 Å². The number of amides is 3.